The molecule has 1 N–H and O–H groups in total. The molecule has 2 aromatic carbocycles. The van der Waals surface area contributed by atoms with E-state index in [9.17, 15) is 13.5 Å². The van der Waals surface area contributed by atoms with E-state index in [0.29, 0.717) is 11.2 Å². The van der Waals surface area contributed by atoms with Gasteiger partial charge in [0.15, 0.2) is 0 Å². The van der Waals surface area contributed by atoms with Crippen molar-refractivity contribution in [1.29, 1.82) is 0 Å². The Labute approximate surface area is 123 Å². The molecule has 0 radical (unpaired) electrons. The highest BCUT2D eigenvalue weighted by Crippen LogP contribution is 2.28. The number of para-hydroxylation sites is 1. The highest BCUT2D eigenvalue weighted by Gasteiger charge is 2.24. The van der Waals surface area contributed by atoms with Gasteiger partial charge in [-0.1, -0.05) is 36.4 Å². The van der Waals surface area contributed by atoms with Crippen LogP contribution in [0.5, 0.6) is 0 Å². The normalized spacial score (nSPS) is 13.4. The molecule has 0 bridgehead atoms. The van der Waals surface area contributed by atoms with Crippen LogP contribution in [0.15, 0.2) is 65.6 Å². The van der Waals surface area contributed by atoms with Crippen molar-refractivity contribution in [3.05, 3.63) is 66.4 Å². The molecule has 0 fully saturated rings. The molecule has 0 aliphatic heterocycles. The first kappa shape index (κ1) is 13.9. The first-order valence-corrected chi connectivity index (χ1v) is 8.05. The lowest BCUT2D eigenvalue weighted by atomic mass is 10.2. The van der Waals surface area contributed by atoms with Gasteiger partial charge in [0.2, 0.25) is 0 Å². The van der Waals surface area contributed by atoms with Gasteiger partial charge in [-0.05, 0) is 31.2 Å². The molecule has 0 saturated heterocycles. The van der Waals surface area contributed by atoms with E-state index < -0.39 is 16.1 Å². The summed E-state index contributed by atoms with van der Waals surface area (Å²) in [4.78, 5) is 0.202. The molecule has 1 heterocycles. The molecule has 0 spiro atoms. The topological polar surface area (TPSA) is 59.3 Å². The van der Waals surface area contributed by atoms with Crippen molar-refractivity contribution in [3.8, 4) is 0 Å². The van der Waals surface area contributed by atoms with E-state index in [1.807, 2.05) is 12.1 Å². The van der Waals surface area contributed by atoms with Crippen molar-refractivity contribution < 1.29 is 13.5 Å². The Kier molecular flexibility index (Phi) is 3.31. The van der Waals surface area contributed by atoms with Crippen LogP contribution >= 0.6 is 0 Å². The van der Waals surface area contributed by atoms with Crippen molar-refractivity contribution in [3.63, 3.8) is 0 Å². The molecule has 0 aliphatic carbocycles. The van der Waals surface area contributed by atoms with Crippen LogP contribution in [-0.2, 0) is 10.0 Å². The van der Waals surface area contributed by atoms with E-state index in [1.54, 1.807) is 55.5 Å². The molecule has 1 atom stereocenters. The van der Waals surface area contributed by atoms with Crippen LogP contribution in [-0.4, -0.2) is 17.5 Å². The summed E-state index contributed by atoms with van der Waals surface area (Å²) in [6.45, 7) is 1.56. The van der Waals surface area contributed by atoms with Crippen LogP contribution in [0.3, 0.4) is 0 Å². The fraction of sp³-hybridized carbons (Fsp3) is 0.125. The van der Waals surface area contributed by atoms with Crippen molar-refractivity contribution in [1.82, 2.24) is 3.97 Å². The predicted octanol–water partition coefficient (Wildman–Crippen LogP) is 2.93. The minimum Gasteiger partial charge on any atom is -0.387 e. The second-order valence-electron chi connectivity index (χ2n) is 4.89. The third kappa shape index (κ3) is 2.24. The van der Waals surface area contributed by atoms with Crippen molar-refractivity contribution in [2.24, 2.45) is 0 Å². The van der Waals surface area contributed by atoms with Gasteiger partial charge in [-0.3, -0.25) is 0 Å². The zero-order valence-corrected chi connectivity index (χ0v) is 12.3. The Morgan fingerprint density at radius 2 is 1.62 bits per heavy atom. The molecule has 0 amide bonds. The standard InChI is InChI=1S/C16H15NO3S/c1-12(18)16-11-13-7-5-6-10-15(13)17(16)21(19,20)14-8-3-2-4-9-14/h2-12,18H,1H3/t12-/m1/s1. The summed E-state index contributed by atoms with van der Waals surface area (Å²) in [6.07, 6.45) is -0.879. The summed E-state index contributed by atoms with van der Waals surface area (Å²) >= 11 is 0. The van der Waals surface area contributed by atoms with Crippen LogP contribution in [0.4, 0.5) is 0 Å². The fourth-order valence-corrected chi connectivity index (χ4v) is 4.03. The molecule has 3 rings (SSSR count). The van der Waals surface area contributed by atoms with Gasteiger partial charge in [0.05, 0.1) is 22.2 Å². The number of aromatic nitrogens is 1. The minimum atomic E-state index is -3.74. The summed E-state index contributed by atoms with van der Waals surface area (Å²) in [5.74, 6) is 0. The largest absolute Gasteiger partial charge is 0.387 e. The van der Waals surface area contributed by atoms with Crippen LogP contribution in [0, 0.1) is 0 Å². The van der Waals surface area contributed by atoms with E-state index >= 15 is 0 Å². The molecule has 5 heteroatoms. The highest BCUT2D eigenvalue weighted by atomic mass is 32.2. The van der Waals surface area contributed by atoms with Gasteiger partial charge in [-0.15, -0.1) is 0 Å². The second-order valence-corrected chi connectivity index (χ2v) is 6.67. The Balaban J connectivity index is 2.36. The number of aliphatic hydroxyl groups excluding tert-OH is 1. The summed E-state index contributed by atoms with van der Waals surface area (Å²) in [6, 6.07) is 17.1. The van der Waals surface area contributed by atoms with Crippen molar-refractivity contribution >= 4 is 20.9 Å². The van der Waals surface area contributed by atoms with Gasteiger partial charge < -0.3 is 5.11 Å². The SMILES string of the molecule is C[C@@H](O)c1cc2ccccc2n1S(=O)(=O)c1ccccc1. The van der Waals surface area contributed by atoms with Crippen LogP contribution in [0.25, 0.3) is 10.9 Å². The zero-order valence-electron chi connectivity index (χ0n) is 11.5. The lowest BCUT2D eigenvalue weighted by Crippen LogP contribution is -2.16. The molecule has 4 nitrogen and oxygen atoms in total. The van der Waals surface area contributed by atoms with Crippen LogP contribution in [0.2, 0.25) is 0 Å². The van der Waals surface area contributed by atoms with Gasteiger partial charge in [-0.2, -0.15) is 0 Å². The lowest BCUT2D eigenvalue weighted by Gasteiger charge is -2.13. The van der Waals surface area contributed by atoms with Gasteiger partial charge >= 0.3 is 0 Å². The number of nitrogens with zero attached hydrogens (tertiary/aromatic N) is 1. The summed E-state index contributed by atoms with van der Waals surface area (Å²) < 4.78 is 27.0. The van der Waals surface area contributed by atoms with E-state index in [1.165, 1.54) is 3.97 Å². The average molecular weight is 301 g/mol. The number of benzene rings is 2. The average Bonchev–Trinajstić information content (AvgIpc) is 2.88. The van der Waals surface area contributed by atoms with Gasteiger partial charge in [-0.25, -0.2) is 12.4 Å². The molecule has 21 heavy (non-hydrogen) atoms. The Hall–Kier alpha value is -2.11. The Bertz CT molecular complexity index is 880. The first-order chi connectivity index (χ1) is 10.0. The quantitative estimate of drug-likeness (QED) is 0.809. The highest BCUT2D eigenvalue weighted by molar-refractivity contribution is 7.90. The third-order valence-electron chi connectivity index (χ3n) is 3.40. The van der Waals surface area contributed by atoms with Gasteiger partial charge in [0.25, 0.3) is 10.0 Å². The molecule has 0 unspecified atom stereocenters. The third-order valence-corrected chi connectivity index (χ3v) is 5.16. The number of aliphatic hydroxyl groups is 1. The van der Waals surface area contributed by atoms with E-state index in [0.717, 1.165) is 5.39 Å². The predicted molar refractivity (Wildman–Crippen MR) is 81.6 cm³/mol. The van der Waals surface area contributed by atoms with E-state index in [-0.39, 0.29) is 4.90 Å². The van der Waals surface area contributed by atoms with Crippen molar-refractivity contribution in [2.45, 2.75) is 17.9 Å². The number of rotatable bonds is 3. The van der Waals surface area contributed by atoms with E-state index in [2.05, 4.69) is 0 Å². The lowest BCUT2D eigenvalue weighted by molar-refractivity contribution is 0.193. The molecular formula is C16H15NO3S. The number of hydrogen-bond acceptors (Lipinski definition) is 3. The van der Waals surface area contributed by atoms with Crippen LogP contribution < -0.4 is 0 Å². The molecule has 0 aliphatic rings. The molecular weight excluding hydrogens is 286 g/mol. The van der Waals surface area contributed by atoms with Crippen molar-refractivity contribution in [2.75, 3.05) is 0 Å². The molecule has 1 aromatic heterocycles. The number of hydrogen-bond donors (Lipinski definition) is 1. The summed E-state index contributed by atoms with van der Waals surface area (Å²) in [7, 11) is -3.74. The van der Waals surface area contributed by atoms with E-state index in [4.69, 9.17) is 0 Å². The van der Waals surface area contributed by atoms with Gasteiger partial charge in [0.1, 0.15) is 0 Å². The molecule has 0 saturated carbocycles. The molecule has 3 aromatic rings. The second kappa shape index (κ2) is 5.02. The smallest absolute Gasteiger partial charge is 0.268 e. The maximum absolute atomic E-state index is 12.9. The summed E-state index contributed by atoms with van der Waals surface area (Å²) in [5.41, 5.74) is 0.928. The Morgan fingerprint density at radius 1 is 1.00 bits per heavy atom. The first-order valence-electron chi connectivity index (χ1n) is 6.61. The Morgan fingerprint density at radius 3 is 2.29 bits per heavy atom. The van der Waals surface area contributed by atoms with Gasteiger partial charge in [0, 0.05) is 5.39 Å². The zero-order chi connectivity index (χ0) is 15.0. The number of fused-ring (bicyclic) bond motifs is 1. The monoisotopic (exact) mass is 301 g/mol. The fourth-order valence-electron chi connectivity index (χ4n) is 2.41. The minimum absolute atomic E-state index is 0.202. The maximum Gasteiger partial charge on any atom is 0.268 e. The van der Waals surface area contributed by atoms with Crippen LogP contribution in [0.1, 0.15) is 18.7 Å². The maximum atomic E-state index is 12.9. The molecule has 108 valence electrons. The summed E-state index contributed by atoms with van der Waals surface area (Å²) in [5, 5.41) is 10.7.